The van der Waals surface area contributed by atoms with Crippen molar-refractivity contribution in [2.45, 2.75) is 57.6 Å². The molecule has 1 saturated heterocycles. The van der Waals surface area contributed by atoms with Gasteiger partial charge in [0.25, 0.3) is 5.91 Å². The summed E-state index contributed by atoms with van der Waals surface area (Å²) in [6.45, 7) is 5.06. The molecule has 2 aromatic heterocycles. The summed E-state index contributed by atoms with van der Waals surface area (Å²) in [7, 11) is 0. The second kappa shape index (κ2) is 9.57. The lowest BCUT2D eigenvalue weighted by Crippen LogP contribution is -2.27. The Balaban J connectivity index is 1.40. The molecule has 1 unspecified atom stereocenters. The molecule has 7 nitrogen and oxygen atoms in total. The first-order valence-electron chi connectivity index (χ1n) is 11.5. The van der Waals surface area contributed by atoms with Gasteiger partial charge in [-0.2, -0.15) is 0 Å². The molecular weight excluding hydrogens is 436 g/mol. The Labute approximate surface area is 197 Å². The second-order valence-electron chi connectivity index (χ2n) is 8.82. The number of amides is 1. The SMILES string of the molecule is Cc1cnc(C(C)NC(=O)c2cc(O[C@@H]3CCOC3)cc(-c3ncc(C4CCC4)s3)c2)cn1. The van der Waals surface area contributed by atoms with Crippen molar-refractivity contribution in [1.82, 2.24) is 20.3 Å². The molecule has 2 aliphatic rings. The number of aryl methyl sites for hydroxylation is 1. The molecule has 1 aliphatic carbocycles. The lowest BCUT2D eigenvalue weighted by Gasteiger charge is -2.23. The number of nitrogens with one attached hydrogen (secondary N) is 1. The van der Waals surface area contributed by atoms with E-state index < -0.39 is 0 Å². The third kappa shape index (κ3) is 5.07. The number of rotatable bonds is 7. The lowest BCUT2D eigenvalue weighted by molar-refractivity contribution is 0.0938. The van der Waals surface area contributed by atoms with E-state index in [-0.39, 0.29) is 18.1 Å². The van der Waals surface area contributed by atoms with E-state index in [4.69, 9.17) is 9.47 Å². The van der Waals surface area contributed by atoms with Gasteiger partial charge in [0.15, 0.2) is 0 Å². The molecule has 2 atom stereocenters. The van der Waals surface area contributed by atoms with Crippen molar-refractivity contribution in [1.29, 1.82) is 0 Å². The maximum atomic E-state index is 13.2. The smallest absolute Gasteiger partial charge is 0.251 e. The summed E-state index contributed by atoms with van der Waals surface area (Å²) >= 11 is 1.71. The van der Waals surface area contributed by atoms with Crippen LogP contribution in [-0.4, -0.2) is 40.2 Å². The molecular formula is C25H28N4O3S. The molecule has 33 heavy (non-hydrogen) atoms. The molecule has 172 valence electrons. The topological polar surface area (TPSA) is 86.2 Å². The minimum atomic E-state index is -0.271. The van der Waals surface area contributed by atoms with Crippen molar-refractivity contribution in [3.63, 3.8) is 0 Å². The van der Waals surface area contributed by atoms with Crippen LogP contribution in [0, 0.1) is 6.92 Å². The Kier molecular flexibility index (Phi) is 6.37. The molecule has 8 heteroatoms. The molecule has 1 amide bonds. The van der Waals surface area contributed by atoms with E-state index in [0.29, 0.717) is 30.4 Å². The van der Waals surface area contributed by atoms with Crippen molar-refractivity contribution in [3.8, 4) is 16.3 Å². The van der Waals surface area contributed by atoms with Crippen LogP contribution in [0.25, 0.3) is 10.6 Å². The van der Waals surface area contributed by atoms with Gasteiger partial charge < -0.3 is 14.8 Å². The highest BCUT2D eigenvalue weighted by atomic mass is 32.1. The highest BCUT2D eigenvalue weighted by Crippen LogP contribution is 2.41. The second-order valence-corrected chi connectivity index (χ2v) is 9.89. The Hall–Kier alpha value is -2.84. The minimum Gasteiger partial charge on any atom is -0.488 e. The van der Waals surface area contributed by atoms with Crippen molar-refractivity contribution >= 4 is 17.2 Å². The predicted octanol–water partition coefficient (Wildman–Crippen LogP) is 4.83. The first-order chi connectivity index (χ1) is 16.0. The molecule has 1 saturated carbocycles. The van der Waals surface area contributed by atoms with Crippen LogP contribution >= 0.6 is 11.3 Å². The summed E-state index contributed by atoms with van der Waals surface area (Å²) in [6, 6.07) is 5.40. The van der Waals surface area contributed by atoms with E-state index in [1.807, 2.05) is 32.2 Å². The zero-order chi connectivity index (χ0) is 22.8. The average molecular weight is 465 g/mol. The maximum absolute atomic E-state index is 13.2. The number of nitrogens with zero attached hydrogens (tertiary/aromatic N) is 3. The zero-order valence-electron chi connectivity index (χ0n) is 18.9. The third-order valence-electron chi connectivity index (χ3n) is 6.23. The van der Waals surface area contributed by atoms with Crippen LogP contribution in [0.1, 0.15) is 71.2 Å². The van der Waals surface area contributed by atoms with Gasteiger partial charge in [-0.3, -0.25) is 14.8 Å². The zero-order valence-corrected chi connectivity index (χ0v) is 19.7. The van der Waals surface area contributed by atoms with Crippen molar-refractivity contribution in [2.24, 2.45) is 0 Å². The first-order valence-corrected chi connectivity index (χ1v) is 12.3. The number of benzene rings is 1. The number of ether oxygens (including phenoxy) is 2. The van der Waals surface area contributed by atoms with Crippen LogP contribution in [0.4, 0.5) is 0 Å². The highest BCUT2D eigenvalue weighted by molar-refractivity contribution is 7.15. The van der Waals surface area contributed by atoms with Gasteiger partial charge in [-0.1, -0.05) is 6.42 Å². The number of hydrogen-bond acceptors (Lipinski definition) is 7. The molecule has 3 aromatic rings. The van der Waals surface area contributed by atoms with Crippen LogP contribution in [0.3, 0.4) is 0 Å². The predicted molar refractivity (Wildman–Crippen MR) is 127 cm³/mol. The van der Waals surface area contributed by atoms with Gasteiger partial charge >= 0.3 is 0 Å². The highest BCUT2D eigenvalue weighted by Gasteiger charge is 2.23. The monoisotopic (exact) mass is 464 g/mol. The van der Waals surface area contributed by atoms with Gasteiger partial charge in [0.2, 0.25) is 0 Å². The Morgan fingerprint density at radius 2 is 2.03 bits per heavy atom. The summed E-state index contributed by atoms with van der Waals surface area (Å²) < 4.78 is 11.6. The van der Waals surface area contributed by atoms with E-state index in [0.717, 1.165) is 28.4 Å². The first kappa shape index (κ1) is 22.0. The normalized spacial score (nSPS) is 19.2. The van der Waals surface area contributed by atoms with Gasteiger partial charge in [0.1, 0.15) is 16.9 Å². The fraction of sp³-hybridized carbons (Fsp3) is 0.440. The molecule has 5 rings (SSSR count). The fourth-order valence-corrected chi connectivity index (χ4v) is 5.07. The molecule has 3 heterocycles. The van der Waals surface area contributed by atoms with E-state index in [9.17, 15) is 4.79 Å². The summed E-state index contributed by atoms with van der Waals surface area (Å²) in [6.07, 6.45) is 10.00. The molecule has 1 aliphatic heterocycles. The minimum absolute atomic E-state index is 0.000232. The van der Waals surface area contributed by atoms with E-state index in [1.54, 1.807) is 29.8 Å². The lowest BCUT2D eigenvalue weighted by atomic mass is 9.85. The quantitative estimate of drug-likeness (QED) is 0.539. The number of thiazole rings is 1. The Bertz CT molecular complexity index is 1120. The summed E-state index contributed by atoms with van der Waals surface area (Å²) in [4.78, 5) is 27.8. The number of carbonyl (C=O) groups is 1. The summed E-state index contributed by atoms with van der Waals surface area (Å²) in [5, 5.41) is 3.95. The summed E-state index contributed by atoms with van der Waals surface area (Å²) in [5.41, 5.74) is 2.99. The number of aromatic nitrogens is 3. The average Bonchev–Trinajstić information content (AvgIpc) is 3.45. The van der Waals surface area contributed by atoms with Crippen LogP contribution < -0.4 is 10.1 Å². The number of hydrogen-bond donors (Lipinski definition) is 1. The standard InChI is InChI=1S/C25H28N4O3S/c1-15-11-27-22(12-26-15)16(2)29-24(30)18-8-19(10-21(9-18)32-20-6-7-31-14-20)25-28-13-23(33-25)17-4-3-5-17/h8-13,16-17,20H,3-7,14H2,1-2H3,(H,29,30)/t16?,20-/m1/s1. The summed E-state index contributed by atoms with van der Waals surface area (Å²) in [5.74, 6) is 1.11. The third-order valence-corrected chi connectivity index (χ3v) is 7.44. The van der Waals surface area contributed by atoms with Gasteiger partial charge in [-0.25, -0.2) is 4.98 Å². The van der Waals surface area contributed by atoms with Crippen LogP contribution in [0.15, 0.2) is 36.8 Å². The Morgan fingerprint density at radius 1 is 1.15 bits per heavy atom. The van der Waals surface area contributed by atoms with Gasteiger partial charge in [-0.15, -0.1) is 11.3 Å². The van der Waals surface area contributed by atoms with E-state index >= 15 is 0 Å². The molecule has 1 aromatic carbocycles. The van der Waals surface area contributed by atoms with Crippen LogP contribution in [0.2, 0.25) is 0 Å². The van der Waals surface area contributed by atoms with E-state index in [1.165, 1.54) is 24.1 Å². The van der Waals surface area contributed by atoms with Crippen molar-refractivity contribution in [2.75, 3.05) is 13.2 Å². The van der Waals surface area contributed by atoms with Crippen LogP contribution in [0.5, 0.6) is 5.75 Å². The largest absolute Gasteiger partial charge is 0.488 e. The maximum Gasteiger partial charge on any atom is 0.251 e. The number of carbonyl (C=O) groups excluding carboxylic acids is 1. The van der Waals surface area contributed by atoms with Crippen molar-refractivity contribution in [3.05, 3.63) is 58.6 Å². The molecule has 0 radical (unpaired) electrons. The fourth-order valence-electron chi connectivity index (χ4n) is 4.00. The Morgan fingerprint density at radius 3 is 2.73 bits per heavy atom. The van der Waals surface area contributed by atoms with Gasteiger partial charge in [-0.05, 0) is 50.8 Å². The molecule has 2 fully saturated rings. The molecule has 0 spiro atoms. The van der Waals surface area contributed by atoms with Crippen molar-refractivity contribution < 1.29 is 14.3 Å². The van der Waals surface area contributed by atoms with Crippen LogP contribution in [-0.2, 0) is 4.74 Å². The van der Waals surface area contributed by atoms with E-state index in [2.05, 4.69) is 20.3 Å². The van der Waals surface area contributed by atoms with Gasteiger partial charge in [0, 0.05) is 34.8 Å². The van der Waals surface area contributed by atoms with Gasteiger partial charge in [0.05, 0.1) is 36.8 Å². The molecule has 0 bridgehead atoms. The molecule has 1 N–H and O–H groups in total.